The number of ether oxygens (including phenoxy) is 1. The van der Waals surface area contributed by atoms with Crippen LogP contribution in [-0.2, 0) is 14.6 Å². The van der Waals surface area contributed by atoms with Crippen LogP contribution in [0.2, 0.25) is 0 Å². The number of nitriles is 1. The Morgan fingerprint density at radius 3 is 2.79 bits per heavy atom. The van der Waals surface area contributed by atoms with Crippen LogP contribution >= 0.6 is 0 Å². The van der Waals surface area contributed by atoms with Gasteiger partial charge in [0.1, 0.15) is 22.9 Å². The summed E-state index contributed by atoms with van der Waals surface area (Å²) in [5.41, 5.74) is 5.87. The van der Waals surface area contributed by atoms with E-state index in [9.17, 15) is 13.2 Å². The maximum Gasteiger partial charge on any atom is 0.236 e. The van der Waals surface area contributed by atoms with E-state index in [-0.39, 0.29) is 17.2 Å². The van der Waals surface area contributed by atoms with E-state index >= 15 is 0 Å². The third-order valence-corrected chi connectivity index (χ3v) is 3.86. The first-order valence-electron chi connectivity index (χ1n) is 5.20. The van der Waals surface area contributed by atoms with Crippen LogP contribution in [0.5, 0.6) is 5.75 Å². The van der Waals surface area contributed by atoms with Crippen LogP contribution < -0.4 is 15.8 Å². The van der Waals surface area contributed by atoms with E-state index in [1.807, 2.05) is 0 Å². The van der Waals surface area contributed by atoms with Gasteiger partial charge in [0.25, 0.3) is 0 Å². The Kier molecular flexibility index (Phi) is 4.72. The summed E-state index contributed by atoms with van der Waals surface area (Å²) < 4.78 is 29.0. The molecule has 0 bridgehead atoms. The highest BCUT2D eigenvalue weighted by atomic mass is 32.2. The zero-order chi connectivity index (χ0) is 14.5. The molecule has 0 heterocycles. The normalized spacial score (nSPS) is 10.5. The Labute approximate surface area is 110 Å². The van der Waals surface area contributed by atoms with Crippen LogP contribution in [0, 0.1) is 11.3 Å². The zero-order valence-electron chi connectivity index (χ0n) is 10.2. The van der Waals surface area contributed by atoms with Crippen molar-refractivity contribution in [3.63, 3.8) is 0 Å². The van der Waals surface area contributed by atoms with Gasteiger partial charge < -0.3 is 15.8 Å². The van der Waals surface area contributed by atoms with Crippen molar-refractivity contribution in [3.05, 3.63) is 18.2 Å². The van der Waals surface area contributed by atoms with Crippen molar-refractivity contribution in [3.8, 4) is 11.8 Å². The van der Waals surface area contributed by atoms with Gasteiger partial charge >= 0.3 is 0 Å². The topological polar surface area (TPSA) is 122 Å². The SMILES string of the molecule is COc1cc(N)ccc1S(=O)(=O)CC(=O)NCC#N. The first kappa shape index (κ1) is 14.8. The van der Waals surface area contributed by atoms with Gasteiger partial charge in [0.05, 0.1) is 13.2 Å². The monoisotopic (exact) mass is 283 g/mol. The van der Waals surface area contributed by atoms with Gasteiger partial charge in [-0.3, -0.25) is 4.79 Å². The number of sulfone groups is 1. The maximum absolute atomic E-state index is 12.0. The van der Waals surface area contributed by atoms with Gasteiger partial charge in [0, 0.05) is 11.8 Å². The standard InChI is InChI=1S/C11H13N3O4S/c1-18-9-6-8(13)2-3-10(9)19(16,17)7-11(15)14-5-4-12/h2-3,6H,5,7,13H2,1H3,(H,14,15). The summed E-state index contributed by atoms with van der Waals surface area (Å²) in [6, 6.07) is 5.73. The zero-order valence-corrected chi connectivity index (χ0v) is 11.0. The molecular formula is C11H13N3O4S. The van der Waals surface area contributed by atoms with Crippen molar-refractivity contribution in [2.75, 3.05) is 25.1 Å². The van der Waals surface area contributed by atoms with E-state index in [4.69, 9.17) is 15.7 Å². The average Bonchev–Trinajstić information content (AvgIpc) is 2.35. The molecule has 0 unspecified atom stereocenters. The Morgan fingerprint density at radius 1 is 1.53 bits per heavy atom. The number of nitrogens with zero attached hydrogens (tertiary/aromatic N) is 1. The number of carbonyl (C=O) groups is 1. The molecule has 0 aliphatic heterocycles. The molecule has 0 atom stereocenters. The Bertz CT molecular complexity index is 619. The Hall–Kier alpha value is -2.27. The average molecular weight is 283 g/mol. The van der Waals surface area contributed by atoms with Crippen molar-refractivity contribution < 1.29 is 17.9 Å². The molecule has 0 aromatic heterocycles. The number of benzene rings is 1. The van der Waals surface area contributed by atoms with E-state index in [2.05, 4.69) is 5.32 Å². The molecule has 19 heavy (non-hydrogen) atoms. The van der Waals surface area contributed by atoms with E-state index in [1.165, 1.54) is 25.3 Å². The second-order valence-corrected chi connectivity index (χ2v) is 5.56. The quantitative estimate of drug-likeness (QED) is 0.564. The highest BCUT2D eigenvalue weighted by Gasteiger charge is 2.23. The third-order valence-electron chi connectivity index (χ3n) is 2.21. The lowest BCUT2D eigenvalue weighted by Crippen LogP contribution is -2.30. The minimum absolute atomic E-state index is 0.0769. The fourth-order valence-corrected chi connectivity index (χ4v) is 2.71. The first-order chi connectivity index (χ1) is 8.90. The van der Waals surface area contributed by atoms with Crippen LogP contribution in [0.15, 0.2) is 23.1 Å². The highest BCUT2D eigenvalue weighted by Crippen LogP contribution is 2.26. The summed E-state index contributed by atoms with van der Waals surface area (Å²) in [6.45, 7) is -0.243. The number of hydrogen-bond acceptors (Lipinski definition) is 6. The highest BCUT2D eigenvalue weighted by molar-refractivity contribution is 7.92. The predicted molar refractivity (Wildman–Crippen MR) is 68.1 cm³/mol. The number of amides is 1. The smallest absolute Gasteiger partial charge is 0.236 e. The van der Waals surface area contributed by atoms with Gasteiger partial charge in [0.15, 0.2) is 9.84 Å². The number of nitrogens with one attached hydrogen (secondary N) is 1. The summed E-state index contributed by atoms with van der Waals surface area (Å²) in [6.07, 6.45) is 0. The largest absolute Gasteiger partial charge is 0.495 e. The molecule has 102 valence electrons. The summed E-state index contributed by atoms with van der Waals surface area (Å²) >= 11 is 0. The van der Waals surface area contributed by atoms with Crippen LogP contribution in [0.3, 0.4) is 0 Å². The van der Waals surface area contributed by atoms with Crippen molar-refractivity contribution >= 4 is 21.4 Å². The van der Waals surface area contributed by atoms with Crippen molar-refractivity contribution in [2.45, 2.75) is 4.90 Å². The van der Waals surface area contributed by atoms with Crippen LogP contribution in [0.4, 0.5) is 5.69 Å². The summed E-state index contributed by atoms with van der Waals surface area (Å²) in [5.74, 6) is -1.43. The van der Waals surface area contributed by atoms with E-state index in [1.54, 1.807) is 6.07 Å². The lowest BCUT2D eigenvalue weighted by Gasteiger charge is -2.09. The van der Waals surface area contributed by atoms with E-state index in [0.29, 0.717) is 5.69 Å². The maximum atomic E-state index is 12.0. The van der Waals surface area contributed by atoms with Crippen LogP contribution in [0.25, 0.3) is 0 Å². The fourth-order valence-electron chi connectivity index (χ4n) is 1.38. The van der Waals surface area contributed by atoms with Gasteiger partial charge in [-0.1, -0.05) is 0 Å². The molecule has 7 nitrogen and oxygen atoms in total. The first-order valence-corrected chi connectivity index (χ1v) is 6.86. The Balaban J connectivity index is 3.01. The van der Waals surface area contributed by atoms with Gasteiger partial charge in [-0.05, 0) is 12.1 Å². The molecule has 1 aromatic rings. The molecule has 1 rings (SSSR count). The van der Waals surface area contributed by atoms with E-state index in [0.717, 1.165) is 0 Å². The van der Waals surface area contributed by atoms with Gasteiger partial charge in [-0.2, -0.15) is 5.26 Å². The third kappa shape index (κ3) is 3.86. The number of nitrogen functional groups attached to an aromatic ring is 1. The predicted octanol–water partition coefficient (Wildman–Crippen LogP) is -0.309. The lowest BCUT2D eigenvalue weighted by atomic mass is 10.3. The number of carbonyl (C=O) groups excluding carboxylic acids is 1. The molecule has 3 N–H and O–H groups in total. The summed E-state index contributed by atoms with van der Waals surface area (Å²) in [5, 5.41) is 10.5. The van der Waals surface area contributed by atoms with E-state index < -0.39 is 21.5 Å². The van der Waals surface area contributed by atoms with Crippen molar-refractivity contribution in [2.24, 2.45) is 0 Å². The van der Waals surface area contributed by atoms with Gasteiger partial charge in [0.2, 0.25) is 5.91 Å². The van der Waals surface area contributed by atoms with Gasteiger partial charge in [-0.25, -0.2) is 8.42 Å². The molecule has 0 saturated heterocycles. The number of methoxy groups -OCH3 is 1. The minimum Gasteiger partial charge on any atom is -0.495 e. The van der Waals surface area contributed by atoms with Crippen LogP contribution in [0.1, 0.15) is 0 Å². The molecule has 8 heteroatoms. The second-order valence-electron chi connectivity index (χ2n) is 3.60. The van der Waals surface area contributed by atoms with Crippen molar-refractivity contribution in [1.29, 1.82) is 5.26 Å². The van der Waals surface area contributed by atoms with Gasteiger partial charge in [-0.15, -0.1) is 0 Å². The molecule has 0 aliphatic rings. The van der Waals surface area contributed by atoms with Crippen molar-refractivity contribution in [1.82, 2.24) is 5.32 Å². The molecule has 0 aliphatic carbocycles. The second kappa shape index (κ2) is 6.06. The van der Waals surface area contributed by atoms with Crippen LogP contribution in [-0.4, -0.2) is 33.7 Å². The molecule has 1 aromatic carbocycles. The number of nitrogens with two attached hydrogens (primary N) is 1. The lowest BCUT2D eigenvalue weighted by molar-refractivity contribution is -0.118. The number of hydrogen-bond donors (Lipinski definition) is 2. The molecule has 0 fully saturated rings. The molecular weight excluding hydrogens is 270 g/mol. The number of rotatable bonds is 5. The molecule has 1 amide bonds. The fraction of sp³-hybridized carbons (Fsp3) is 0.273. The minimum atomic E-state index is -3.85. The molecule has 0 spiro atoms. The summed E-state index contributed by atoms with van der Waals surface area (Å²) in [4.78, 5) is 11.2. The Morgan fingerprint density at radius 2 is 2.21 bits per heavy atom. The molecule has 0 radical (unpaired) electrons. The number of anilines is 1. The summed E-state index contributed by atoms with van der Waals surface area (Å²) in [7, 11) is -2.54. The molecule has 0 saturated carbocycles.